The van der Waals surface area contributed by atoms with Crippen molar-refractivity contribution in [2.24, 2.45) is 18.9 Å². The van der Waals surface area contributed by atoms with E-state index in [1.54, 1.807) is 6.20 Å². The van der Waals surface area contributed by atoms with E-state index in [4.69, 9.17) is 5.11 Å². The Morgan fingerprint density at radius 1 is 1.50 bits per heavy atom. The van der Waals surface area contributed by atoms with Crippen LogP contribution in [-0.4, -0.2) is 26.5 Å². The predicted octanol–water partition coefficient (Wildman–Crippen LogP) is 0.537. The largest absolute Gasteiger partial charge is 0.481 e. The first-order chi connectivity index (χ1) is 8.58. The lowest BCUT2D eigenvalue weighted by Gasteiger charge is -2.10. The molecule has 0 saturated heterocycles. The molecule has 0 aromatic carbocycles. The Morgan fingerprint density at radius 3 is 2.78 bits per heavy atom. The number of imidazole rings is 1. The van der Waals surface area contributed by atoms with Crippen LogP contribution in [0.1, 0.15) is 25.1 Å². The average molecular weight is 251 g/mol. The van der Waals surface area contributed by atoms with Gasteiger partial charge in [0, 0.05) is 25.4 Å². The summed E-state index contributed by atoms with van der Waals surface area (Å²) in [6.45, 7) is 0.385. The van der Waals surface area contributed by atoms with E-state index in [0.29, 0.717) is 25.8 Å². The van der Waals surface area contributed by atoms with E-state index < -0.39 is 5.97 Å². The Labute approximate surface area is 105 Å². The van der Waals surface area contributed by atoms with Gasteiger partial charge < -0.3 is 15.0 Å². The van der Waals surface area contributed by atoms with Crippen LogP contribution in [0.3, 0.4) is 0 Å². The molecule has 2 rings (SSSR count). The number of carbonyl (C=O) groups excluding carboxylic acids is 1. The Morgan fingerprint density at radius 2 is 2.22 bits per heavy atom. The zero-order chi connectivity index (χ0) is 13.1. The minimum Gasteiger partial charge on any atom is -0.481 e. The molecule has 1 heterocycles. The van der Waals surface area contributed by atoms with E-state index in [9.17, 15) is 9.59 Å². The van der Waals surface area contributed by atoms with E-state index in [1.165, 1.54) is 0 Å². The summed E-state index contributed by atoms with van der Waals surface area (Å²) < 4.78 is 1.84. The number of hydrogen-bond acceptors (Lipinski definition) is 3. The van der Waals surface area contributed by atoms with Crippen LogP contribution in [0, 0.1) is 11.8 Å². The van der Waals surface area contributed by atoms with Crippen LogP contribution in [0.4, 0.5) is 0 Å². The Bertz CT molecular complexity index is 455. The number of nitrogens with one attached hydrogen (secondary N) is 1. The maximum atomic E-state index is 11.9. The molecule has 1 fully saturated rings. The minimum atomic E-state index is -0.797. The SMILES string of the molecule is Cn1ccnc1CNC(=O)[C@H]1CC[C@@H](C(=O)O)C1. The van der Waals surface area contributed by atoms with Crippen LogP contribution >= 0.6 is 0 Å². The van der Waals surface area contributed by atoms with Gasteiger partial charge in [-0.25, -0.2) is 4.98 Å². The third-order valence-electron chi connectivity index (χ3n) is 3.49. The number of aryl methyl sites for hydroxylation is 1. The number of amides is 1. The van der Waals surface area contributed by atoms with E-state index in [0.717, 1.165) is 5.82 Å². The van der Waals surface area contributed by atoms with Gasteiger partial charge in [0.2, 0.25) is 5.91 Å². The van der Waals surface area contributed by atoms with Crippen LogP contribution in [0.15, 0.2) is 12.4 Å². The van der Waals surface area contributed by atoms with Crippen molar-refractivity contribution in [2.45, 2.75) is 25.8 Å². The van der Waals surface area contributed by atoms with Crippen molar-refractivity contribution in [3.05, 3.63) is 18.2 Å². The molecule has 2 atom stereocenters. The molecule has 2 N–H and O–H groups in total. The molecule has 1 saturated carbocycles. The van der Waals surface area contributed by atoms with E-state index in [1.807, 2.05) is 17.8 Å². The van der Waals surface area contributed by atoms with E-state index >= 15 is 0 Å². The zero-order valence-corrected chi connectivity index (χ0v) is 10.3. The Kier molecular flexibility index (Phi) is 3.64. The van der Waals surface area contributed by atoms with Crippen molar-refractivity contribution in [2.75, 3.05) is 0 Å². The van der Waals surface area contributed by atoms with Crippen LogP contribution < -0.4 is 5.32 Å². The van der Waals surface area contributed by atoms with E-state index in [2.05, 4.69) is 10.3 Å². The Hall–Kier alpha value is -1.85. The van der Waals surface area contributed by atoms with Crippen LogP contribution in [0.5, 0.6) is 0 Å². The smallest absolute Gasteiger partial charge is 0.306 e. The zero-order valence-electron chi connectivity index (χ0n) is 10.3. The summed E-state index contributed by atoms with van der Waals surface area (Å²) in [4.78, 5) is 26.8. The molecule has 0 unspecified atom stereocenters. The molecule has 98 valence electrons. The van der Waals surface area contributed by atoms with Gasteiger partial charge >= 0.3 is 5.97 Å². The third-order valence-corrected chi connectivity index (χ3v) is 3.49. The fourth-order valence-corrected chi connectivity index (χ4v) is 2.32. The molecular weight excluding hydrogens is 234 g/mol. The first-order valence-corrected chi connectivity index (χ1v) is 6.04. The van der Waals surface area contributed by atoms with Crippen LogP contribution in [0.25, 0.3) is 0 Å². The van der Waals surface area contributed by atoms with Crippen molar-refractivity contribution in [3.8, 4) is 0 Å². The molecule has 6 heteroatoms. The fraction of sp³-hybridized carbons (Fsp3) is 0.583. The molecule has 6 nitrogen and oxygen atoms in total. The predicted molar refractivity (Wildman–Crippen MR) is 63.5 cm³/mol. The maximum absolute atomic E-state index is 11.9. The number of carboxylic acid groups (broad SMARTS) is 1. The summed E-state index contributed by atoms with van der Waals surface area (Å²) in [6.07, 6.45) is 5.19. The third kappa shape index (κ3) is 2.69. The average Bonchev–Trinajstić information content (AvgIpc) is 2.94. The highest BCUT2D eigenvalue weighted by atomic mass is 16.4. The molecule has 1 aromatic rings. The Balaban J connectivity index is 1.83. The van der Waals surface area contributed by atoms with Gasteiger partial charge in [-0.3, -0.25) is 9.59 Å². The topological polar surface area (TPSA) is 84.2 Å². The lowest BCUT2D eigenvalue weighted by molar-refractivity contribution is -0.141. The second-order valence-electron chi connectivity index (χ2n) is 4.72. The number of rotatable bonds is 4. The second-order valence-corrected chi connectivity index (χ2v) is 4.72. The van der Waals surface area contributed by atoms with Gasteiger partial charge in [0.1, 0.15) is 5.82 Å². The number of aliphatic carboxylic acids is 1. The fourth-order valence-electron chi connectivity index (χ4n) is 2.32. The standard InChI is InChI=1S/C12H17N3O3/c1-15-5-4-13-10(15)7-14-11(16)8-2-3-9(6-8)12(17)18/h4-5,8-9H,2-3,6-7H2,1H3,(H,14,16)(H,17,18)/t8-,9+/m0/s1. The van der Waals surface area contributed by atoms with Gasteiger partial charge in [0.25, 0.3) is 0 Å². The highest BCUT2D eigenvalue weighted by Crippen LogP contribution is 2.31. The molecule has 18 heavy (non-hydrogen) atoms. The second kappa shape index (κ2) is 5.20. The van der Waals surface area contributed by atoms with Crippen molar-refractivity contribution >= 4 is 11.9 Å². The molecular formula is C12H17N3O3. The first-order valence-electron chi connectivity index (χ1n) is 6.04. The number of carboxylic acids is 1. The van der Waals surface area contributed by atoms with Crippen molar-refractivity contribution in [1.29, 1.82) is 0 Å². The molecule has 0 aliphatic heterocycles. The van der Waals surface area contributed by atoms with Gasteiger partial charge in [-0.15, -0.1) is 0 Å². The van der Waals surface area contributed by atoms with Crippen molar-refractivity contribution in [3.63, 3.8) is 0 Å². The molecule has 1 amide bonds. The monoisotopic (exact) mass is 251 g/mol. The summed E-state index contributed by atoms with van der Waals surface area (Å²) in [5.41, 5.74) is 0. The number of carbonyl (C=O) groups is 2. The summed E-state index contributed by atoms with van der Waals surface area (Å²) in [5.74, 6) is -0.618. The molecule has 0 bridgehead atoms. The van der Waals surface area contributed by atoms with Crippen molar-refractivity contribution in [1.82, 2.24) is 14.9 Å². The van der Waals surface area contributed by atoms with Gasteiger partial charge in [0.15, 0.2) is 0 Å². The molecule has 1 aromatic heterocycles. The summed E-state index contributed by atoms with van der Waals surface area (Å²) in [7, 11) is 1.87. The highest BCUT2D eigenvalue weighted by Gasteiger charge is 2.33. The van der Waals surface area contributed by atoms with Crippen molar-refractivity contribution < 1.29 is 14.7 Å². The van der Waals surface area contributed by atoms with E-state index in [-0.39, 0.29) is 17.7 Å². The summed E-state index contributed by atoms with van der Waals surface area (Å²) >= 11 is 0. The van der Waals surface area contributed by atoms with Gasteiger partial charge in [-0.05, 0) is 19.3 Å². The van der Waals surface area contributed by atoms with Gasteiger partial charge in [-0.1, -0.05) is 0 Å². The number of hydrogen-bond donors (Lipinski definition) is 2. The summed E-state index contributed by atoms with van der Waals surface area (Å²) in [6, 6.07) is 0. The molecule has 0 radical (unpaired) electrons. The highest BCUT2D eigenvalue weighted by molar-refractivity contribution is 5.80. The molecule has 1 aliphatic carbocycles. The normalized spacial score (nSPS) is 22.9. The maximum Gasteiger partial charge on any atom is 0.306 e. The van der Waals surface area contributed by atoms with Gasteiger partial charge in [0.05, 0.1) is 12.5 Å². The molecule has 1 aliphatic rings. The quantitative estimate of drug-likeness (QED) is 0.818. The van der Waals surface area contributed by atoms with Gasteiger partial charge in [-0.2, -0.15) is 0 Å². The number of nitrogens with zero attached hydrogens (tertiary/aromatic N) is 2. The molecule has 0 spiro atoms. The minimum absolute atomic E-state index is 0.0678. The number of aromatic nitrogens is 2. The lowest BCUT2D eigenvalue weighted by atomic mass is 10.0. The summed E-state index contributed by atoms with van der Waals surface area (Å²) in [5, 5.41) is 11.7. The van der Waals surface area contributed by atoms with Crippen LogP contribution in [-0.2, 0) is 23.2 Å². The van der Waals surface area contributed by atoms with Crippen LogP contribution in [0.2, 0.25) is 0 Å². The first kappa shape index (κ1) is 12.6. The lowest BCUT2D eigenvalue weighted by Crippen LogP contribution is -2.30.